The molecule has 0 spiro atoms. The summed E-state index contributed by atoms with van der Waals surface area (Å²) in [5, 5.41) is 4.14. The van der Waals surface area contributed by atoms with Crippen LogP contribution in [0.1, 0.15) is 5.56 Å². The zero-order chi connectivity index (χ0) is 14.1. The Labute approximate surface area is 123 Å². The molecule has 104 valence electrons. The molecule has 4 heteroatoms. The fourth-order valence-electron chi connectivity index (χ4n) is 2.50. The van der Waals surface area contributed by atoms with Gasteiger partial charge in [0.05, 0.1) is 11.7 Å². The summed E-state index contributed by atoms with van der Waals surface area (Å²) in [6.45, 7) is 3.19. The van der Waals surface area contributed by atoms with Crippen molar-refractivity contribution in [1.82, 2.24) is 0 Å². The van der Waals surface area contributed by atoms with E-state index in [1.165, 1.54) is 5.56 Å². The Kier molecular flexibility index (Phi) is 3.55. The second-order valence-corrected chi connectivity index (χ2v) is 5.47. The standard InChI is InChI=1S/C16H17ClN2O/c1-10-4-2-3-5-13(10)14-6-11(17)7-15-16(14)19-12(8-18)9-20-15/h2-7,12,19H,8-9,18H2,1H3/t12-/m1/s1. The Bertz CT molecular complexity index is 642. The van der Waals surface area contributed by atoms with Crippen molar-refractivity contribution in [2.24, 2.45) is 5.73 Å². The molecule has 3 rings (SSSR count). The van der Waals surface area contributed by atoms with E-state index in [2.05, 4.69) is 24.4 Å². The Morgan fingerprint density at radius 1 is 1.30 bits per heavy atom. The Morgan fingerprint density at radius 3 is 2.85 bits per heavy atom. The molecule has 0 fully saturated rings. The Morgan fingerprint density at radius 2 is 2.10 bits per heavy atom. The molecule has 3 N–H and O–H groups in total. The minimum absolute atomic E-state index is 0.131. The summed E-state index contributed by atoms with van der Waals surface area (Å²) in [7, 11) is 0. The third-order valence-electron chi connectivity index (χ3n) is 3.58. The molecular formula is C16H17ClN2O. The van der Waals surface area contributed by atoms with Gasteiger partial charge < -0.3 is 15.8 Å². The van der Waals surface area contributed by atoms with E-state index in [9.17, 15) is 0 Å². The second kappa shape index (κ2) is 5.35. The topological polar surface area (TPSA) is 47.3 Å². The molecule has 20 heavy (non-hydrogen) atoms. The summed E-state index contributed by atoms with van der Waals surface area (Å²) in [5.74, 6) is 0.792. The first-order chi connectivity index (χ1) is 9.69. The van der Waals surface area contributed by atoms with E-state index in [0.717, 1.165) is 22.6 Å². The molecule has 3 nitrogen and oxygen atoms in total. The van der Waals surface area contributed by atoms with Crippen molar-refractivity contribution >= 4 is 17.3 Å². The number of benzene rings is 2. The van der Waals surface area contributed by atoms with Crippen LogP contribution in [0.4, 0.5) is 5.69 Å². The molecule has 1 heterocycles. The van der Waals surface area contributed by atoms with Crippen molar-refractivity contribution in [3.63, 3.8) is 0 Å². The van der Waals surface area contributed by atoms with Gasteiger partial charge in [-0.15, -0.1) is 0 Å². The second-order valence-electron chi connectivity index (χ2n) is 5.03. The van der Waals surface area contributed by atoms with E-state index in [-0.39, 0.29) is 6.04 Å². The van der Waals surface area contributed by atoms with E-state index < -0.39 is 0 Å². The lowest BCUT2D eigenvalue weighted by Gasteiger charge is -2.29. The van der Waals surface area contributed by atoms with Crippen LogP contribution in [0.25, 0.3) is 11.1 Å². The van der Waals surface area contributed by atoms with Crippen LogP contribution < -0.4 is 15.8 Å². The molecule has 0 saturated carbocycles. The molecule has 0 aliphatic carbocycles. The average molecular weight is 289 g/mol. The van der Waals surface area contributed by atoms with Crippen molar-refractivity contribution in [1.29, 1.82) is 0 Å². The van der Waals surface area contributed by atoms with Gasteiger partial charge in [-0.05, 0) is 24.1 Å². The van der Waals surface area contributed by atoms with Crippen LogP contribution in [-0.2, 0) is 0 Å². The number of halogens is 1. The fourth-order valence-corrected chi connectivity index (χ4v) is 2.70. The van der Waals surface area contributed by atoms with Gasteiger partial charge in [0.15, 0.2) is 0 Å². The highest BCUT2D eigenvalue weighted by Gasteiger charge is 2.22. The maximum atomic E-state index is 6.22. The quantitative estimate of drug-likeness (QED) is 0.890. The summed E-state index contributed by atoms with van der Waals surface area (Å²) >= 11 is 6.22. The lowest BCUT2D eigenvalue weighted by Crippen LogP contribution is -2.37. The maximum Gasteiger partial charge on any atom is 0.144 e. The predicted molar refractivity (Wildman–Crippen MR) is 83.6 cm³/mol. The first kappa shape index (κ1) is 13.3. The molecule has 2 aromatic rings. The number of ether oxygens (including phenoxy) is 1. The summed E-state index contributed by atoms with van der Waals surface area (Å²) in [6, 6.07) is 12.2. The van der Waals surface area contributed by atoms with Gasteiger partial charge in [-0.2, -0.15) is 0 Å². The van der Waals surface area contributed by atoms with Gasteiger partial charge >= 0.3 is 0 Å². The van der Waals surface area contributed by atoms with Gasteiger partial charge in [0, 0.05) is 23.2 Å². The van der Waals surface area contributed by atoms with E-state index in [4.69, 9.17) is 22.1 Å². The van der Waals surface area contributed by atoms with Crippen LogP contribution in [0.5, 0.6) is 5.75 Å². The number of nitrogens with two attached hydrogens (primary N) is 1. The molecule has 1 atom stereocenters. The van der Waals surface area contributed by atoms with Crippen LogP contribution in [0.15, 0.2) is 36.4 Å². The predicted octanol–water partition coefficient (Wildman–Crippen LogP) is 3.45. The highest BCUT2D eigenvalue weighted by Crippen LogP contribution is 2.41. The van der Waals surface area contributed by atoms with Gasteiger partial charge in [-0.25, -0.2) is 0 Å². The Hall–Kier alpha value is -1.71. The number of hydrogen-bond donors (Lipinski definition) is 2. The van der Waals surface area contributed by atoms with E-state index in [1.807, 2.05) is 24.3 Å². The van der Waals surface area contributed by atoms with Gasteiger partial charge in [-0.3, -0.25) is 0 Å². The van der Waals surface area contributed by atoms with Crippen LogP contribution in [0.2, 0.25) is 5.02 Å². The van der Waals surface area contributed by atoms with Gasteiger partial charge in [0.25, 0.3) is 0 Å². The highest BCUT2D eigenvalue weighted by molar-refractivity contribution is 6.31. The molecule has 0 radical (unpaired) electrons. The van der Waals surface area contributed by atoms with E-state index >= 15 is 0 Å². The van der Waals surface area contributed by atoms with Crippen LogP contribution in [0, 0.1) is 6.92 Å². The lowest BCUT2D eigenvalue weighted by molar-refractivity contribution is 0.287. The number of hydrogen-bond acceptors (Lipinski definition) is 3. The molecule has 0 unspecified atom stereocenters. The SMILES string of the molecule is Cc1ccccc1-c1cc(Cl)cc2c1N[C@H](CN)CO2. The maximum absolute atomic E-state index is 6.22. The molecule has 2 aromatic carbocycles. The van der Waals surface area contributed by atoms with E-state index in [0.29, 0.717) is 18.2 Å². The molecule has 0 saturated heterocycles. The number of nitrogens with one attached hydrogen (secondary N) is 1. The van der Waals surface area contributed by atoms with Crippen molar-refractivity contribution < 1.29 is 4.74 Å². The first-order valence-electron chi connectivity index (χ1n) is 6.68. The van der Waals surface area contributed by atoms with Crippen molar-refractivity contribution in [3.05, 3.63) is 47.0 Å². The third kappa shape index (κ3) is 2.35. The van der Waals surface area contributed by atoms with Crippen molar-refractivity contribution in [3.8, 4) is 16.9 Å². The minimum Gasteiger partial charge on any atom is -0.489 e. The fraction of sp³-hybridized carbons (Fsp3) is 0.250. The van der Waals surface area contributed by atoms with Gasteiger partial charge in [-0.1, -0.05) is 35.9 Å². The molecular weight excluding hydrogens is 272 g/mol. The lowest BCUT2D eigenvalue weighted by atomic mass is 9.97. The first-order valence-corrected chi connectivity index (χ1v) is 7.06. The monoisotopic (exact) mass is 288 g/mol. The summed E-state index contributed by atoms with van der Waals surface area (Å²) in [5.41, 5.74) is 10.1. The van der Waals surface area contributed by atoms with Crippen molar-refractivity contribution in [2.75, 3.05) is 18.5 Å². The van der Waals surface area contributed by atoms with Crippen LogP contribution in [-0.4, -0.2) is 19.2 Å². The van der Waals surface area contributed by atoms with Gasteiger partial charge in [0.2, 0.25) is 0 Å². The van der Waals surface area contributed by atoms with Crippen LogP contribution in [0.3, 0.4) is 0 Å². The molecule has 0 aromatic heterocycles. The summed E-state index contributed by atoms with van der Waals surface area (Å²) < 4.78 is 5.78. The van der Waals surface area contributed by atoms with Crippen molar-refractivity contribution in [2.45, 2.75) is 13.0 Å². The Balaban J connectivity index is 2.16. The molecule has 1 aliphatic rings. The largest absolute Gasteiger partial charge is 0.489 e. The smallest absolute Gasteiger partial charge is 0.144 e. The summed E-state index contributed by atoms with van der Waals surface area (Å²) in [6.07, 6.45) is 0. The van der Waals surface area contributed by atoms with E-state index in [1.54, 1.807) is 0 Å². The normalized spacial score (nSPS) is 17.1. The minimum atomic E-state index is 0.131. The van der Waals surface area contributed by atoms with Gasteiger partial charge in [0.1, 0.15) is 12.4 Å². The molecule has 0 amide bonds. The zero-order valence-electron chi connectivity index (χ0n) is 11.3. The van der Waals surface area contributed by atoms with Crippen LogP contribution >= 0.6 is 11.6 Å². The molecule has 0 bridgehead atoms. The summed E-state index contributed by atoms with van der Waals surface area (Å²) in [4.78, 5) is 0. The highest BCUT2D eigenvalue weighted by atomic mass is 35.5. The number of fused-ring (bicyclic) bond motifs is 1. The number of rotatable bonds is 2. The third-order valence-corrected chi connectivity index (χ3v) is 3.79. The number of anilines is 1. The molecule has 1 aliphatic heterocycles. The average Bonchev–Trinajstić information content (AvgIpc) is 2.46. The number of aryl methyl sites for hydroxylation is 1. The zero-order valence-corrected chi connectivity index (χ0v) is 12.1.